The molecule has 0 radical (unpaired) electrons. The number of nitrogens with zero attached hydrogens (tertiary/aromatic N) is 3. The number of carbonyl (C=O) groups is 2. The minimum absolute atomic E-state index is 0.181. The second-order valence-electron chi connectivity index (χ2n) is 7.08. The van der Waals surface area contributed by atoms with Gasteiger partial charge in [0, 0.05) is 31.7 Å². The van der Waals surface area contributed by atoms with Crippen molar-refractivity contribution >= 4 is 34.0 Å². The van der Waals surface area contributed by atoms with Crippen molar-refractivity contribution in [2.75, 3.05) is 26.5 Å². The molecular formula is C21H27N5O4S. The van der Waals surface area contributed by atoms with Gasteiger partial charge in [0.2, 0.25) is 0 Å². The Bertz CT molecular complexity index is 1020. The molecule has 0 bridgehead atoms. The number of methoxy groups -OCH3 is 1. The first-order valence-corrected chi connectivity index (χ1v) is 11.6. The SMILES string of the molecule is COC(=O)N1CCCCC1.CS(=O)n1ccc(C(=O)NCc2nc3ccccc3[nH]2)c1. The molecule has 3 heterocycles. The summed E-state index contributed by atoms with van der Waals surface area (Å²) in [7, 11) is 0.271. The van der Waals surface area contributed by atoms with Crippen LogP contribution < -0.4 is 5.32 Å². The van der Waals surface area contributed by atoms with Crippen LogP contribution in [0.2, 0.25) is 0 Å². The first-order chi connectivity index (χ1) is 15.0. The Morgan fingerprint density at radius 2 is 1.94 bits per heavy atom. The largest absolute Gasteiger partial charge is 0.453 e. The minimum atomic E-state index is -1.16. The van der Waals surface area contributed by atoms with E-state index in [2.05, 4.69) is 20.0 Å². The van der Waals surface area contributed by atoms with E-state index in [0.717, 1.165) is 37.0 Å². The monoisotopic (exact) mass is 445 g/mol. The zero-order chi connectivity index (χ0) is 22.2. The molecule has 1 unspecified atom stereocenters. The molecule has 0 aliphatic carbocycles. The third-order valence-corrected chi connectivity index (χ3v) is 5.69. The lowest BCUT2D eigenvalue weighted by molar-refractivity contribution is 0.0950. The van der Waals surface area contributed by atoms with E-state index in [1.54, 1.807) is 29.6 Å². The molecule has 0 spiro atoms. The van der Waals surface area contributed by atoms with Crippen LogP contribution in [-0.2, 0) is 22.3 Å². The number of hydrogen-bond donors (Lipinski definition) is 2. The number of H-pyrrole nitrogens is 1. The maximum atomic E-state index is 12.0. The fourth-order valence-electron chi connectivity index (χ4n) is 3.23. The van der Waals surface area contributed by atoms with Crippen LogP contribution in [0.15, 0.2) is 42.7 Å². The van der Waals surface area contributed by atoms with Gasteiger partial charge in [-0.15, -0.1) is 0 Å². The number of fused-ring (bicyclic) bond motifs is 1. The van der Waals surface area contributed by atoms with Gasteiger partial charge >= 0.3 is 6.09 Å². The van der Waals surface area contributed by atoms with Crippen molar-refractivity contribution in [1.29, 1.82) is 0 Å². The summed E-state index contributed by atoms with van der Waals surface area (Å²) in [6, 6.07) is 9.32. The zero-order valence-corrected chi connectivity index (χ0v) is 18.5. The third-order valence-electron chi connectivity index (χ3n) is 4.87. The van der Waals surface area contributed by atoms with Gasteiger partial charge in [0.1, 0.15) is 16.8 Å². The van der Waals surface area contributed by atoms with E-state index in [1.165, 1.54) is 17.5 Å². The number of imidazole rings is 1. The van der Waals surface area contributed by atoms with Crippen LogP contribution in [0.5, 0.6) is 0 Å². The number of likely N-dealkylation sites (tertiary alicyclic amines) is 1. The number of rotatable bonds is 4. The smallest absolute Gasteiger partial charge is 0.409 e. The number of carbonyl (C=O) groups excluding carboxylic acids is 2. The summed E-state index contributed by atoms with van der Waals surface area (Å²) in [5.74, 6) is 0.475. The molecule has 1 aliphatic heterocycles. The minimum Gasteiger partial charge on any atom is -0.453 e. The topological polar surface area (TPSA) is 109 Å². The molecule has 1 aromatic carbocycles. The van der Waals surface area contributed by atoms with Crippen molar-refractivity contribution in [2.24, 2.45) is 0 Å². The van der Waals surface area contributed by atoms with Crippen LogP contribution in [0.3, 0.4) is 0 Å². The number of nitrogens with one attached hydrogen (secondary N) is 2. The van der Waals surface area contributed by atoms with Crippen molar-refractivity contribution in [3.63, 3.8) is 0 Å². The molecule has 1 atom stereocenters. The Morgan fingerprint density at radius 1 is 1.19 bits per heavy atom. The van der Waals surface area contributed by atoms with Gasteiger partial charge in [-0.05, 0) is 37.5 Å². The number of aromatic nitrogens is 3. The quantitative estimate of drug-likeness (QED) is 0.642. The third kappa shape index (κ3) is 6.17. The highest BCUT2D eigenvalue weighted by atomic mass is 32.2. The van der Waals surface area contributed by atoms with Crippen molar-refractivity contribution in [3.8, 4) is 0 Å². The van der Waals surface area contributed by atoms with Gasteiger partial charge in [0.05, 0.1) is 30.3 Å². The van der Waals surface area contributed by atoms with Crippen LogP contribution >= 0.6 is 0 Å². The first-order valence-electron chi connectivity index (χ1n) is 10.0. The van der Waals surface area contributed by atoms with Crippen molar-refractivity contribution in [1.82, 2.24) is 24.2 Å². The van der Waals surface area contributed by atoms with Crippen LogP contribution in [0.4, 0.5) is 4.79 Å². The number of ether oxygens (including phenoxy) is 1. The summed E-state index contributed by atoms with van der Waals surface area (Å²) in [6.07, 6.45) is 8.03. The number of aromatic amines is 1. The Kier molecular flexibility index (Phi) is 7.82. The van der Waals surface area contributed by atoms with Gasteiger partial charge in [-0.2, -0.15) is 0 Å². The molecule has 1 saturated heterocycles. The Balaban J connectivity index is 0.000000229. The van der Waals surface area contributed by atoms with Crippen molar-refractivity contribution < 1.29 is 18.5 Å². The van der Waals surface area contributed by atoms with Crippen LogP contribution in [-0.4, -0.2) is 61.5 Å². The molecule has 10 heteroatoms. The van der Waals surface area contributed by atoms with E-state index in [1.807, 2.05) is 24.3 Å². The van der Waals surface area contributed by atoms with Gasteiger partial charge in [-0.25, -0.2) is 14.0 Å². The lowest BCUT2D eigenvalue weighted by atomic mass is 10.1. The summed E-state index contributed by atoms with van der Waals surface area (Å²) in [5, 5.41) is 2.78. The van der Waals surface area contributed by atoms with Gasteiger partial charge in [0.15, 0.2) is 0 Å². The van der Waals surface area contributed by atoms with Crippen molar-refractivity contribution in [3.05, 3.63) is 54.1 Å². The first kappa shape index (κ1) is 22.5. The fourth-order valence-corrected chi connectivity index (χ4v) is 3.73. The molecule has 2 N–H and O–H groups in total. The van der Waals surface area contributed by atoms with Gasteiger partial charge in [-0.1, -0.05) is 12.1 Å². The summed E-state index contributed by atoms with van der Waals surface area (Å²) in [4.78, 5) is 32.2. The maximum Gasteiger partial charge on any atom is 0.409 e. The van der Waals surface area contributed by atoms with E-state index in [9.17, 15) is 13.8 Å². The molecule has 0 saturated carbocycles. The number of piperidine rings is 1. The maximum absolute atomic E-state index is 12.0. The standard InChI is InChI=1S/C14H14N4O2S.C7H13NO2/c1-21(20)18-7-6-10(9-18)14(19)15-8-13-16-11-4-2-3-5-12(11)17-13;1-10-7(9)8-5-3-2-4-6-8/h2-7,9H,8H2,1H3,(H,15,19)(H,16,17);2-6H2,1H3. The Morgan fingerprint density at radius 3 is 2.58 bits per heavy atom. The summed E-state index contributed by atoms with van der Waals surface area (Å²) >= 11 is 0. The van der Waals surface area contributed by atoms with E-state index in [0.29, 0.717) is 17.9 Å². The lowest BCUT2D eigenvalue weighted by Gasteiger charge is -2.24. The van der Waals surface area contributed by atoms with Crippen molar-refractivity contribution in [2.45, 2.75) is 25.8 Å². The predicted octanol–water partition coefficient (Wildman–Crippen LogP) is 2.67. The molecule has 31 heavy (non-hydrogen) atoms. The molecular weight excluding hydrogens is 418 g/mol. The van der Waals surface area contributed by atoms with Gasteiger partial charge in [-0.3, -0.25) is 8.77 Å². The lowest BCUT2D eigenvalue weighted by Crippen LogP contribution is -2.35. The Labute approximate surface area is 183 Å². The second kappa shape index (κ2) is 10.8. The predicted molar refractivity (Wildman–Crippen MR) is 119 cm³/mol. The highest BCUT2D eigenvalue weighted by Gasteiger charge is 2.15. The molecule has 1 aliphatic rings. The van der Waals surface area contributed by atoms with E-state index >= 15 is 0 Å². The average molecular weight is 446 g/mol. The molecule has 1 fully saturated rings. The molecule has 3 aromatic rings. The molecule has 4 rings (SSSR count). The van der Waals surface area contributed by atoms with E-state index < -0.39 is 11.0 Å². The number of hydrogen-bond acceptors (Lipinski definition) is 5. The fraction of sp³-hybridized carbons (Fsp3) is 0.381. The highest BCUT2D eigenvalue weighted by Crippen LogP contribution is 2.11. The van der Waals surface area contributed by atoms with Gasteiger partial charge < -0.3 is 19.9 Å². The summed E-state index contributed by atoms with van der Waals surface area (Å²) in [5.41, 5.74) is 2.28. The zero-order valence-electron chi connectivity index (χ0n) is 17.7. The van der Waals surface area contributed by atoms with Crippen LogP contribution in [0.25, 0.3) is 11.0 Å². The summed E-state index contributed by atoms with van der Waals surface area (Å²) < 4.78 is 17.3. The molecule has 2 amide bonds. The molecule has 166 valence electrons. The average Bonchev–Trinajstić information content (AvgIpc) is 3.45. The van der Waals surface area contributed by atoms with Crippen LogP contribution in [0.1, 0.15) is 35.4 Å². The highest BCUT2D eigenvalue weighted by molar-refractivity contribution is 7.82. The number of para-hydroxylation sites is 2. The molecule has 2 aromatic heterocycles. The van der Waals surface area contributed by atoms with Crippen LogP contribution in [0, 0.1) is 0 Å². The second-order valence-corrected chi connectivity index (χ2v) is 8.35. The van der Waals surface area contributed by atoms with Gasteiger partial charge in [0.25, 0.3) is 5.91 Å². The van der Waals surface area contributed by atoms with E-state index in [4.69, 9.17) is 0 Å². The van der Waals surface area contributed by atoms with E-state index in [-0.39, 0.29) is 12.0 Å². The molecule has 9 nitrogen and oxygen atoms in total. The summed E-state index contributed by atoms with van der Waals surface area (Å²) in [6.45, 7) is 2.05. The number of benzene rings is 1. The normalized spacial score (nSPS) is 14.5. The Hall–Kier alpha value is -3.14. The number of amides is 2.